The van der Waals surface area contributed by atoms with E-state index in [1.165, 1.54) is 38.5 Å². The SMILES string of the molecule is CCCCC(C#N)(CC)NC1CCCCC1. The van der Waals surface area contributed by atoms with Crippen molar-refractivity contribution in [1.29, 1.82) is 5.26 Å². The van der Waals surface area contributed by atoms with Gasteiger partial charge in [-0.2, -0.15) is 5.26 Å². The molecule has 0 aromatic carbocycles. The largest absolute Gasteiger partial charge is 0.297 e. The van der Waals surface area contributed by atoms with Gasteiger partial charge >= 0.3 is 0 Å². The van der Waals surface area contributed by atoms with Crippen LogP contribution in [-0.4, -0.2) is 11.6 Å². The number of hydrogen-bond donors (Lipinski definition) is 1. The third-order valence-corrected chi connectivity index (χ3v) is 3.86. The Morgan fingerprint density at radius 2 is 1.94 bits per heavy atom. The minimum Gasteiger partial charge on any atom is -0.297 e. The molecule has 1 rings (SSSR count). The third kappa shape index (κ3) is 3.79. The van der Waals surface area contributed by atoms with E-state index in [1.807, 2.05) is 0 Å². The van der Waals surface area contributed by atoms with Crippen LogP contribution in [0.4, 0.5) is 0 Å². The van der Waals surface area contributed by atoms with Crippen LogP contribution in [0.5, 0.6) is 0 Å². The maximum atomic E-state index is 9.42. The Balaban J connectivity index is 2.51. The first-order chi connectivity index (χ1) is 7.76. The molecule has 0 heterocycles. The van der Waals surface area contributed by atoms with E-state index in [-0.39, 0.29) is 5.54 Å². The summed E-state index contributed by atoms with van der Waals surface area (Å²) in [6.45, 7) is 4.33. The summed E-state index contributed by atoms with van der Waals surface area (Å²) in [5, 5.41) is 13.1. The van der Waals surface area contributed by atoms with Crippen molar-refractivity contribution >= 4 is 0 Å². The van der Waals surface area contributed by atoms with Crippen LogP contribution in [0.3, 0.4) is 0 Å². The highest BCUT2D eigenvalue weighted by molar-refractivity contribution is 5.07. The average Bonchev–Trinajstić information content (AvgIpc) is 2.36. The molecule has 16 heavy (non-hydrogen) atoms. The number of nitrogens with one attached hydrogen (secondary N) is 1. The topological polar surface area (TPSA) is 35.8 Å². The Labute approximate surface area is 100 Å². The molecule has 0 aromatic heterocycles. The normalized spacial score (nSPS) is 21.3. The van der Waals surface area contributed by atoms with Gasteiger partial charge in [-0.1, -0.05) is 46.0 Å². The fourth-order valence-electron chi connectivity index (χ4n) is 2.63. The molecule has 0 saturated heterocycles. The van der Waals surface area contributed by atoms with E-state index in [0.717, 1.165) is 19.3 Å². The second kappa shape index (κ2) is 6.91. The van der Waals surface area contributed by atoms with Gasteiger partial charge in [0.05, 0.1) is 6.07 Å². The maximum absolute atomic E-state index is 9.42. The van der Waals surface area contributed by atoms with E-state index in [9.17, 15) is 5.26 Å². The zero-order chi connectivity index (χ0) is 11.9. The number of rotatable bonds is 6. The van der Waals surface area contributed by atoms with Gasteiger partial charge in [0.25, 0.3) is 0 Å². The van der Waals surface area contributed by atoms with Crippen LogP contribution in [0.25, 0.3) is 0 Å². The van der Waals surface area contributed by atoms with Gasteiger partial charge < -0.3 is 0 Å². The van der Waals surface area contributed by atoms with Gasteiger partial charge in [-0.15, -0.1) is 0 Å². The number of unbranched alkanes of at least 4 members (excludes halogenated alkanes) is 1. The second-order valence-corrected chi connectivity index (χ2v) is 5.13. The van der Waals surface area contributed by atoms with Crippen molar-refractivity contribution in [2.45, 2.75) is 83.2 Å². The van der Waals surface area contributed by atoms with Crippen LogP contribution in [-0.2, 0) is 0 Å². The van der Waals surface area contributed by atoms with E-state index in [1.54, 1.807) is 0 Å². The van der Waals surface area contributed by atoms with Gasteiger partial charge in [0.1, 0.15) is 5.54 Å². The molecule has 1 atom stereocenters. The zero-order valence-corrected chi connectivity index (χ0v) is 10.9. The van der Waals surface area contributed by atoms with E-state index in [4.69, 9.17) is 0 Å². The molecule has 1 aliphatic rings. The summed E-state index contributed by atoms with van der Waals surface area (Å²) in [7, 11) is 0. The van der Waals surface area contributed by atoms with Gasteiger partial charge in [-0.25, -0.2) is 0 Å². The van der Waals surface area contributed by atoms with Crippen molar-refractivity contribution in [1.82, 2.24) is 5.32 Å². The first-order valence-electron chi connectivity index (χ1n) is 6.95. The van der Waals surface area contributed by atoms with Gasteiger partial charge in [-0.3, -0.25) is 5.32 Å². The van der Waals surface area contributed by atoms with Gasteiger partial charge in [0.2, 0.25) is 0 Å². The molecule has 0 spiro atoms. The lowest BCUT2D eigenvalue weighted by atomic mass is 9.87. The molecule has 2 heteroatoms. The summed E-state index contributed by atoms with van der Waals surface area (Å²) in [5.41, 5.74) is -0.252. The van der Waals surface area contributed by atoms with Crippen LogP contribution >= 0.6 is 0 Å². The van der Waals surface area contributed by atoms with Crippen molar-refractivity contribution in [3.63, 3.8) is 0 Å². The lowest BCUT2D eigenvalue weighted by Gasteiger charge is -2.34. The predicted molar refractivity (Wildman–Crippen MR) is 68.2 cm³/mol. The summed E-state index contributed by atoms with van der Waals surface area (Å²) in [4.78, 5) is 0. The molecule has 2 nitrogen and oxygen atoms in total. The molecule has 0 radical (unpaired) electrons. The minimum atomic E-state index is -0.252. The summed E-state index contributed by atoms with van der Waals surface area (Å²) < 4.78 is 0. The van der Waals surface area contributed by atoms with Crippen molar-refractivity contribution in [2.24, 2.45) is 0 Å². The van der Waals surface area contributed by atoms with Crippen LogP contribution in [0, 0.1) is 11.3 Å². The molecule has 1 N–H and O–H groups in total. The molecule has 0 bridgehead atoms. The lowest BCUT2D eigenvalue weighted by Crippen LogP contribution is -2.49. The first-order valence-corrected chi connectivity index (χ1v) is 6.95. The van der Waals surface area contributed by atoms with E-state index in [0.29, 0.717) is 6.04 Å². The molecule has 0 aromatic rings. The number of nitrogens with zero attached hydrogens (tertiary/aromatic N) is 1. The molecular formula is C14H26N2. The summed E-state index contributed by atoms with van der Waals surface area (Å²) in [6, 6.07) is 3.12. The Morgan fingerprint density at radius 1 is 1.25 bits per heavy atom. The quantitative estimate of drug-likeness (QED) is 0.742. The molecular weight excluding hydrogens is 196 g/mol. The maximum Gasteiger partial charge on any atom is 0.106 e. The van der Waals surface area contributed by atoms with E-state index < -0.39 is 0 Å². The monoisotopic (exact) mass is 222 g/mol. The molecule has 1 aliphatic carbocycles. The zero-order valence-electron chi connectivity index (χ0n) is 10.9. The van der Waals surface area contributed by atoms with Crippen LogP contribution in [0.2, 0.25) is 0 Å². The summed E-state index contributed by atoms with van der Waals surface area (Å²) >= 11 is 0. The summed E-state index contributed by atoms with van der Waals surface area (Å²) in [5.74, 6) is 0. The Bertz CT molecular complexity index is 225. The van der Waals surface area contributed by atoms with Crippen LogP contribution in [0.1, 0.15) is 71.6 Å². The average molecular weight is 222 g/mol. The standard InChI is InChI=1S/C14H26N2/c1-3-5-11-14(4-2,12-15)16-13-9-7-6-8-10-13/h13,16H,3-11H2,1-2H3. The predicted octanol–water partition coefficient (Wildman–Crippen LogP) is 3.77. The van der Waals surface area contributed by atoms with Crippen molar-refractivity contribution < 1.29 is 0 Å². The molecule has 1 fully saturated rings. The molecule has 0 amide bonds. The Hall–Kier alpha value is -0.550. The summed E-state index contributed by atoms with van der Waals surface area (Å²) in [6.07, 6.45) is 10.8. The Kier molecular flexibility index (Phi) is 5.84. The van der Waals surface area contributed by atoms with E-state index >= 15 is 0 Å². The van der Waals surface area contributed by atoms with E-state index in [2.05, 4.69) is 25.2 Å². The van der Waals surface area contributed by atoms with Crippen molar-refractivity contribution in [2.75, 3.05) is 0 Å². The highest BCUT2D eigenvalue weighted by atomic mass is 15.0. The first kappa shape index (κ1) is 13.5. The smallest absolute Gasteiger partial charge is 0.106 e. The van der Waals surface area contributed by atoms with Crippen molar-refractivity contribution in [3.05, 3.63) is 0 Å². The van der Waals surface area contributed by atoms with Crippen LogP contribution in [0.15, 0.2) is 0 Å². The van der Waals surface area contributed by atoms with Gasteiger partial charge in [0, 0.05) is 6.04 Å². The van der Waals surface area contributed by atoms with Gasteiger partial charge in [0.15, 0.2) is 0 Å². The fourth-order valence-corrected chi connectivity index (χ4v) is 2.63. The highest BCUT2D eigenvalue weighted by Gasteiger charge is 2.30. The van der Waals surface area contributed by atoms with Gasteiger partial charge in [-0.05, 0) is 25.7 Å². The highest BCUT2D eigenvalue weighted by Crippen LogP contribution is 2.24. The fraction of sp³-hybridized carbons (Fsp3) is 0.929. The second-order valence-electron chi connectivity index (χ2n) is 5.13. The molecule has 1 unspecified atom stereocenters. The van der Waals surface area contributed by atoms with Crippen LogP contribution < -0.4 is 5.32 Å². The minimum absolute atomic E-state index is 0.252. The van der Waals surface area contributed by atoms with Crippen molar-refractivity contribution in [3.8, 4) is 6.07 Å². The molecule has 1 saturated carbocycles. The molecule has 0 aliphatic heterocycles. The number of nitriles is 1. The molecule has 92 valence electrons. The lowest BCUT2D eigenvalue weighted by molar-refractivity contribution is 0.271. The Morgan fingerprint density at radius 3 is 2.44 bits per heavy atom. The number of hydrogen-bond acceptors (Lipinski definition) is 2. The third-order valence-electron chi connectivity index (χ3n) is 3.86.